The highest BCUT2D eigenvalue weighted by atomic mass is 16.3. The number of rotatable bonds is 3. The Labute approximate surface area is 206 Å². The van der Waals surface area contributed by atoms with E-state index in [1.807, 2.05) is 12.1 Å². The molecule has 0 fully saturated rings. The molecular weight excluding hydrogens is 424 g/mol. The van der Waals surface area contributed by atoms with Crippen LogP contribution in [0.4, 0.5) is 0 Å². The Hall–Kier alpha value is -4.10. The SMILES string of the molecule is C/C=C\C1=C(C)c2cc(Cc3cc4ccccc4o3)ccc2C12c1ccccc1-c1ccccc12. The molecule has 7 rings (SSSR count). The highest BCUT2D eigenvalue weighted by molar-refractivity contribution is 5.95. The van der Waals surface area contributed by atoms with Crippen LogP contribution >= 0.6 is 0 Å². The summed E-state index contributed by atoms with van der Waals surface area (Å²) in [6.45, 7) is 4.41. The first kappa shape index (κ1) is 20.3. The summed E-state index contributed by atoms with van der Waals surface area (Å²) < 4.78 is 6.14. The van der Waals surface area contributed by atoms with Gasteiger partial charge < -0.3 is 4.42 Å². The lowest BCUT2D eigenvalue weighted by Gasteiger charge is -2.31. The summed E-state index contributed by atoms with van der Waals surface area (Å²) in [7, 11) is 0. The van der Waals surface area contributed by atoms with Gasteiger partial charge in [-0.2, -0.15) is 0 Å². The first-order valence-electron chi connectivity index (χ1n) is 12.4. The van der Waals surface area contributed by atoms with E-state index in [1.165, 1.54) is 50.1 Å². The van der Waals surface area contributed by atoms with Crippen LogP contribution in [0.1, 0.15) is 47.4 Å². The fourth-order valence-electron chi connectivity index (χ4n) is 6.47. The van der Waals surface area contributed by atoms with Gasteiger partial charge in [0.2, 0.25) is 0 Å². The van der Waals surface area contributed by atoms with Crippen LogP contribution in [0.15, 0.2) is 119 Å². The van der Waals surface area contributed by atoms with Crippen LogP contribution < -0.4 is 0 Å². The lowest BCUT2D eigenvalue weighted by Crippen LogP contribution is -2.26. The van der Waals surface area contributed by atoms with Gasteiger partial charge in [0.15, 0.2) is 0 Å². The van der Waals surface area contributed by atoms with Crippen molar-refractivity contribution in [1.29, 1.82) is 0 Å². The third kappa shape index (κ3) is 2.70. The zero-order valence-electron chi connectivity index (χ0n) is 20.0. The summed E-state index contributed by atoms with van der Waals surface area (Å²) >= 11 is 0. The first-order chi connectivity index (χ1) is 17.2. The van der Waals surface area contributed by atoms with Crippen LogP contribution in [-0.2, 0) is 11.8 Å². The number of benzene rings is 4. The molecule has 1 spiro atoms. The summed E-state index contributed by atoms with van der Waals surface area (Å²) in [6, 6.07) is 35.3. The third-order valence-corrected chi connectivity index (χ3v) is 7.84. The lowest BCUT2D eigenvalue weighted by molar-refractivity contribution is 0.562. The third-order valence-electron chi connectivity index (χ3n) is 7.84. The minimum atomic E-state index is -0.267. The normalized spacial score (nSPS) is 15.3. The fraction of sp³-hybridized carbons (Fsp3) is 0.118. The van der Waals surface area contributed by atoms with E-state index in [-0.39, 0.29) is 5.41 Å². The molecular formula is C34H26O. The van der Waals surface area contributed by atoms with Crippen molar-refractivity contribution in [3.8, 4) is 11.1 Å². The molecule has 35 heavy (non-hydrogen) atoms. The first-order valence-corrected chi connectivity index (χ1v) is 12.4. The topological polar surface area (TPSA) is 13.1 Å². The average Bonchev–Trinajstić information content (AvgIpc) is 3.51. The van der Waals surface area contributed by atoms with Gasteiger partial charge in [0.25, 0.3) is 0 Å². The van der Waals surface area contributed by atoms with E-state index in [0.29, 0.717) is 0 Å². The molecule has 0 saturated carbocycles. The zero-order valence-corrected chi connectivity index (χ0v) is 20.0. The second-order valence-corrected chi connectivity index (χ2v) is 9.69. The van der Waals surface area contributed by atoms with E-state index >= 15 is 0 Å². The van der Waals surface area contributed by atoms with E-state index in [4.69, 9.17) is 4.42 Å². The fourth-order valence-corrected chi connectivity index (χ4v) is 6.47. The highest BCUT2D eigenvalue weighted by Crippen LogP contribution is 2.62. The number of para-hydroxylation sites is 1. The van der Waals surface area contributed by atoms with Crippen molar-refractivity contribution in [2.75, 3.05) is 0 Å². The van der Waals surface area contributed by atoms with Crippen molar-refractivity contribution in [3.63, 3.8) is 0 Å². The molecule has 0 atom stereocenters. The van der Waals surface area contributed by atoms with E-state index in [1.54, 1.807) is 0 Å². The molecule has 0 radical (unpaired) electrons. The van der Waals surface area contributed by atoms with Gasteiger partial charge in [0, 0.05) is 11.8 Å². The number of hydrogen-bond donors (Lipinski definition) is 0. The summed E-state index contributed by atoms with van der Waals surface area (Å²) in [4.78, 5) is 0. The molecule has 1 nitrogen and oxygen atoms in total. The predicted octanol–water partition coefficient (Wildman–Crippen LogP) is 8.70. The maximum atomic E-state index is 6.14. The Morgan fingerprint density at radius 2 is 1.37 bits per heavy atom. The Kier molecular flexibility index (Phi) is 4.32. The van der Waals surface area contributed by atoms with Crippen molar-refractivity contribution in [2.24, 2.45) is 0 Å². The molecule has 1 heteroatoms. The van der Waals surface area contributed by atoms with Gasteiger partial charge >= 0.3 is 0 Å². The van der Waals surface area contributed by atoms with E-state index in [2.05, 4.69) is 111 Å². The van der Waals surface area contributed by atoms with Crippen LogP contribution in [-0.4, -0.2) is 0 Å². The van der Waals surface area contributed by atoms with Gasteiger partial charge in [-0.3, -0.25) is 0 Å². The number of furan rings is 1. The average molecular weight is 451 g/mol. The predicted molar refractivity (Wildman–Crippen MR) is 145 cm³/mol. The Morgan fingerprint density at radius 3 is 2.09 bits per heavy atom. The standard InChI is InChI=1S/C34H26O/c1-3-10-29-22(2)28-20-23(19-25-21-24-11-4-9-16-33(24)35-25)17-18-32(28)34(29)30-14-7-5-12-26(30)27-13-6-8-15-31(27)34/h3-18,20-21H,19H2,1-2H3/b10-3-. The lowest BCUT2D eigenvalue weighted by atomic mass is 9.69. The molecule has 5 aromatic rings. The molecule has 0 aliphatic heterocycles. The smallest absolute Gasteiger partial charge is 0.134 e. The van der Waals surface area contributed by atoms with Crippen molar-refractivity contribution in [3.05, 3.63) is 148 Å². The van der Waals surface area contributed by atoms with Gasteiger partial charge in [-0.15, -0.1) is 0 Å². The second kappa shape index (κ2) is 7.45. The van der Waals surface area contributed by atoms with Gasteiger partial charge in [0.1, 0.15) is 11.3 Å². The number of allylic oxidation sites excluding steroid dienone is 4. The van der Waals surface area contributed by atoms with Crippen LogP contribution in [0.5, 0.6) is 0 Å². The van der Waals surface area contributed by atoms with Crippen molar-refractivity contribution >= 4 is 16.5 Å². The van der Waals surface area contributed by atoms with Crippen LogP contribution in [0, 0.1) is 0 Å². The van der Waals surface area contributed by atoms with Gasteiger partial charge in [-0.25, -0.2) is 0 Å². The molecule has 2 aliphatic carbocycles. The molecule has 0 bridgehead atoms. The van der Waals surface area contributed by atoms with Crippen LogP contribution in [0.3, 0.4) is 0 Å². The minimum absolute atomic E-state index is 0.267. The largest absolute Gasteiger partial charge is 0.461 e. The van der Waals surface area contributed by atoms with Crippen LogP contribution in [0.2, 0.25) is 0 Å². The Bertz CT molecular complexity index is 1610. The molecule has 1 heterocycles. The monoisotopic (exact) mass is 450 g/mol. The van der Waals surface area contributed by atoms with Crippen molar-refractivity contribution in [1.82, 2.24) is 0 Å². The minimum Gasteiger partial charge on any atom is -0.461 e. The summed E-state index contributed by atoms with van der Waals surface area (Å²) in [6.07, 6.45) is 5.30. The number of fused-ring (bicyclic) bond motifs is 8. The van der Waals surface area contributed by atoms with Gasteiger partial charge in [-0.1, -0.05) is 97.1 Å². The van der Waals surface area contributed by atoms with Gasteiger partial charge in [-0.05, 0) is 76.1 Å². The van der Waals surface area contributed by atoms with Gasteiger partial charge in [0.05, 0.1) is 5.41 Å². The van der Waals surface area contributed by atoms with Crippen LogP contribution in [0.25, 0.3) is 27.7 Å². The Balaban J connectivity index is 1.44. The molecule has 1 aromatic heterocycles. The quantitative estimate of drug-likeness (QED) is 0.268. The van der Waals surface area contributed by atoms with E-state index in [9.17, 15) is 0 Å². The molecule has 4 aromatic carbocycles. The van der Waals surface area contributed by atoms with E-state index in [0.717, 1.165) is 23.2 Å². The van der Waals surface area contributed by atoms with E-state index < -0.39 is 0 Å². The summed E-state index contributed by atoms with van der Waals surface area (Å²) in [5.41, 5.74) is 12.9. The number of hydrogen-bond acceptors (Lipinski definition) is 1. The molecule has 2 aliphatic rings. The maximum absolute atomic E-state index is 6.14. The van der Waals surface area contributed by atoms with Crippen molar-refractivity contribution in [2.45, 2.75) is 25.7 Å². The zero-order chi connectivity index (χ0) is 23.6. The Morgan fingerprint density at radius 1 is 0.714 bits per heavy atom. The second-order valence-electron chi connectivity index (χ2n) is 9.69. The summed E-state index contributed by atoms with van der Waals surface area (Å²) in [5, 5.41) is 1.16. The maximum Gasteiger partial charge on any atom is 0.134 e. The molecule has 0 N–H and O–H groups in total. The highest BCUT2D eigenvalue weighted by Gasteiger charge is 2.51. The summed E-state index contributed by atoms with van der Waals surface area (Å²) in [5.74, 6) is 1.01. The molecule has 0 amide bonds. The molecule has 0 saturated heterocycles. The molecule has 0 unspecified atom stereocenters. The van der Waals surface area contributed by atoms with Crippen molar-refractivity contribution < 1.29 is 4.42 Å². The molecule has 168 valence electrons.